The van der Waals surface area contributed by atoms with Crippen molar-refractivity contribution in [3.05, 3.63) is 101 Å². The molecular weight excluding hydrogens is 531 g/mol. The average molecular weight is 561 g/mol. The van der Waals surface area contributed by atoms with Crippen molar-refractivity contribution in [1.29, 1.82) is 0 Å². The smallest absolute Gasteiger partial charge is 0.304 e. The zero-order valence-electron chi connectivity index (χ0n) is 21.3. The first-order valence-electron chi connectivity index (χ1n) is 11.8. The highest BCUT2D eigenvalue weighted by atomic mass is 35.5. The second-order valence-corrected chi connectivity index (χ2v) is 11.2. The Morgan fingerprint density at radius 1 is 0.921 bits per heavy atom. The molecule has 0 aliphatic rings. The molecule has 202 valence electrons. The second kappa shape index (κ2) is 12.9. The van der Waals surface area contributed by atoms with Gasteiger partial charge in [0.15, 0.2) is 0 Å². The van der Waals surface area contributed by atoms with Crippen LogP contribution < -0.4 is 9.62 Å². The highest BCUT2D eigenvalue weighted by Crippen LogP contribution is 2.24. The first kappa shape index (κ1) is 29.1. The Balaban J connectivity index is 2.07. The zero-order chi connectivity index (χ0) is 27.9. The molecule has 0 unspecified atom stereocenters. The topological polar surface area (TPSA) is 90.0 Å². The number of benzene rings is 3. The lowest BCUT2D eigenvalue weighted by Crippen LogP contribution is -2.54. The molecule has 2 amide bonds. The molecule has 11 heteroatoms. The number of carbonyl (C=O) groups excluding carboxylic acids is 2. The summed E-state index contributed by atoms with van der Waals surface area (Å²) in [6, 6.07) is 20.3. The molecule has 1 N–H and O–H groups in total. The van der Waals surface area contributed by atoms with Crippen LogP contribution in [0.15, 0.2) is 78.9 Å². The summed E-state index contributed by atoms with van der Waals surface area (Å²) in [6.45, 7) is -0.731. The van der Waals surface area contributed by atoms with Crippen LogP contribution in [0.4, 0.5) is 10.1 Å². The summed E-state index contributed by atoms with van der Waals surface area (Å²) >= 11 is 6.03. The number of rotatable bonds is 11. The fourth-order valence-corrected chi connectivity index (χ4v) is 5.05. The number of anilines is 1. The maximum Gasteiger partial charge on any atom is 0.304 e. The number of amides is 2. The number of nitrogens with one attached hydrogen (secondary N) is 1. The van der Waals surface area contributed by atoms with Crippen LogP contribution in [0.3, 0.4) is 0 Å². The van der Waals surface area contributed by atoms with Gasteiger partial charge in [-0.05, 0) is 35.4 Å². The van der Waals surface area contributed by atoms with Crippen LogP contribution in [0, 0.1) is 5.82 Å². The molecule has 3 aromatic carbocycles. The van der Waals surface area contributed by atoms with E-state index in [0.29, 0.717) is 14.9 Å². The summed E-state index contributed by atoms with van der Waals surface area (Å²) in [5.41, 5.74) is 1.21. The number of para-hydroxylation sites is 1. The maximum atomic E-state index is 14.8. The van der Waals surface area contributed by atoms with Crippen LogP contribution >= 0.6 is 11.6 Å². The number of carbonyl (C=O) groups is 2. The summed E-state index contributed by atoms with van der Waals surface area (Å²) in [6.07, 6.45) is 0.181. The standard InChI is InChI=1S/C27H30ClFN4O4S/c1-30-27(35)25(17-20-9-5-4-6-10-20)32(18-21-13-15-22(28)16-14-21)26(34)19-33(38(36,37)31(2)3)24-12-8-7-11-23(24)29/h4-16,25H,17-19H2,1-3H3,(H,30,35)/t25-/m1/s1. The predicted octanol–water partition coefficient (Wildman–Crippen LogP) is 3.48. The van der Waals surface area contributed by atoms with Gasteiger partial charge in [-0.3, -0.25) is 9.59 Å². The molecule has 8 nitrogen and oxygen atoms in total. The SMILES string of the molecule is CNC(=O)[C@@H](Cc1ccccc1)N(Cc1ccc(Cl)cc1)C(=O)CN(c1ccccc1F)S(=O)(=O)N(C)C. The lowest BCUT2D eigenvalue weighted by molar-refractivity contribution is -0.139. The largest absolute Gasteiger partial charge is 0.357 e. The van der Waals surface area contributed by atoms with Crippen LogP contribution in [0.25, 0.3) is 0 Å². The van der Waals surface area contributed by atoms with E-state index in [9.17, 15) is 22.4 Å². The molecule has 0 fully saturated rings. The lowest BCUT2D eigenvalue weighted by atomic mass is 10.0. The van der Waals surface area contributed by atoms with Gasteiger partial charge in [0, 0.05) is 39.1 Å². The minimum atomic E-state index is -4.27. The highest BCUT2D eigenvalue weighted by Gasteiger charge is 2.35. The molecule has 0 aliphatic carbocycles. The van der Waals surface area contributed by atoms with Gasteiger partial charge in [-0.25, -0.2) is 8.70 Å². The fraction of sp³-hybridized carbons (Fsp3) is 0.259. The van der Waals surface area contributed by atoms with E-state index in [1.54, 1.807) is 24.3 Å². The number of likely N-dealkylation sites (N-methyl/N-ethyl adjacent to an activating group) is 1. The van der Waals surface area contributed by atoms with Crippen LogP contribution in [0.1, 0.15) is 11.1 Å². The Morgan fingerprint density at radius 2 is 1.53 bits per heavy atom. The van der Waals surface area contributed by atoms with Crippen molar-refractivity contribution in [2.24, 2.45) is 0 Å². The Hall–Kier alpha value is -3.47. The molecule has 3 aromatic rings. The van der Waals surface area contributed by atoms with Gasteiger partial charge >= 0.3 is 10.2 Å². The quantitative estimate of drug-likeness (QED) is 0.389. The summed E-state index contributed by atoms with van der Waals surface area (Å²) in [5, 5.41) is 3.11. The van der Waals surface area contributed by atoms with Crippen LogP contribution in [0.5, 0.6) is 0 Å². The van der Waals surface area contributed by atoms with E-state index in [1.165, 1.54) is 44.2 Å². The number of hydrogen-bond acceptors (Lipinski definition) is 4. The van der Waals surface area contributed by atoms with Crippen molar-refractivity contribution in [3.8, 4) is 0 Å². The predicted molar refractivity (Wildman–Crippen MR) is 146 cm³/mol. The van der Waals surface area contributed by atoms with Gasteiger partial charge in [0.25, 0.3) is 0 Å². The third-order valence-corrected chi connectivity index (χ3v) is 7.98. The van der Waals surface area contributed by atoms with Gasteiger partial charge < -0.3 is 10.2 Å². The molecule has 0 aliphatic heterocycles. The van der Waals surface area contributed by atoms with E-state index in [4.69, 9.17) is 11.6 Å². The van der Waals surface area contributed by atoms with Crippen molar-refractivity contribution in [2.45, 2.75) is 19.0 Å². The minimum Gasteiger partial charge on any atom is -0.357 e. The van der Waals surface area contributed by atoms with Crippen molar-refractivity contribution >= 4 is 39.3 Å². The van der Waals surface area contributed by atoms with Crippen molar-refractivity contribution in [1.82, 2.24) is 14.5 Å². The van der Waals surface area contributed by atoms with Gasteiger partial charge in [0.2, 0.25) is 11.8 Å². The highest BCUT2D eigenvalue weighted by molar-refractivity contribution is 7.90. The molecule has 0 spiro atoms. The van der Waals surface area contributed by atoms with E-state index in [0.717, 1.165) is 15.9 Å². The lowest BCUT2D eigenvalue weighted by Gasteiger charge is -2.34. The van der Waals surface area contributed by atoms with Gasteiger partial charge in [-0.1, -0.05) is 66.2 Å². The first-order chi connectivity index (χ1) is 18.0. The maximum absolute atomic E-state index is 14.8. The van der Waals surface area contributed by atoms with Gasteiger partial charge in [0.05, 0.1) is 5.69 Å². The number of nitrogens with zero attached hydrogens (tertiary/aromatic N) is 3. The van der Waals surface area contributed by atoms with E-state index in [2.05, 4.69) is 5.32 Å². The first-order valence-corrected chi connectivity index (χ1v) is 13.6. The normalized spacial score (nSPS) is 12.2. The molecule has 0 radical (unpaired) electrons. The molecule has 38 heavy (non-hydrogen) atoms. The van der Waals surface area contributed by atoms with E-state index in [-0.39, 0.29) is 18.7 Å². The minimum absolute atomic E-state index is 0.00591. The van der Waals surface area contributed by atoms with E-state index < -0.39 is 40.4 Å². The van der Waals surface area contributed by atoms with Gasteiger partial charge in [-0.15, -0.1) is 0 Å². The third kappa shape index (κ3) is 7.09. The Labute approximate surface area is 227 Å². The molecule has 0 saturated carbocycles. The Morgan fingerprint density at radius 3 is 2.11 bits per heavy atom. The van der Waals surface area contributed by atoms with Gasteiger partial charge in [0.1, 0.15) is 18.4 Å². The monoisotopic (exact) mass is 560 g/mol. The summed E-state index contributed by atoms with van der Waals surface area (Å²) in [5.74, 6) is -1.91. The molecule has 0 aromatic heterocycles. The molecular formula is C27H30ClFN4O4S. The molecule has 0 saturated heterocycles. The molecule has 0 bridgehead atoms. The van der Waals surface area contributed by atoms with E-state index in [1.807, 2.05) is 30.3 Å². The fourth-order valence-electron chi connectivity index (χ4n) is 3.86. The number of halogens is 2. The summed E-state index contributed by atoms with van der Waals surface area (Å²) < 4.78 is 42.8. The second-order valence-electron chi connectivity index (χ2n) is 8.72. The molecule has 3 rings (SSSR count). The van der Waals surface area contributed by atoms with Crippen molar-refractivity contribution in [3.63, 3.8) is 0 Å². The van der Waals surface area contributed by atoms with Crippen LogP contribution in [0.2, 0.25) is 5.02 Å². The van der Waals surface area contributed by atoms with Crippen LogP contribution in [-0.2, 0) is 32.8 Å². The van der Waals surface area contributed by atoms with Crippen LogP contribution in [-0.4, -0.2) is 63.2 Å². The van der Waals surface area contributed by atoms with Crippen molar-refractivity contribution < 1.29 is 22.4 Å². The zero-order valence-corrected chi connectivity index (χ0v) is 22.9. The summed E-state index contributed by atoms with van der Waals surface area (Å²) in [4.78, 5) is 28.3. The number of hydrogen-bond donors (Lipinski definition) is 1. The third-order valence-electron chi connectivity index (χ3n) is 5.92. The molecule has 0 heterocycles. The Kier molecular flexibility index (Phi) is 9.84. The Bertz CT molecular complexity index is 1360. The molecule has 1 atom stereocenters. The van der Waals surface area contributed by atoms with Crippen molar-refractivity contribution in [2.75, 3.05) is 32.0 Å². The van der Waals surface area contributed by atoms with E-state index >= 15 is 0 Å². The van der Waals surface area contributed by atoms with Gasteiger partial charge in [-0.2, -0.15) is 12.7 Å². The summed E-state index contributed by atoms with van der Waals surface area (Å²) in [7, 11) is -0.218. The average Bonchev–Trinajstić information content (AvgIpc) is 2.90.